The number of hydrogen-bond acceptors (Lipinski definition) is 17. The number of rotatable bonds is 12. The maximum Gasteiger partial charge on any atom is 0.510 e. The molecule has 3 heterocycles. The molecular weight excluding hydrogens is 573 g/mol. The van der Waals surface area contributed by atoms with Gasteiger partial charge in [0.15, 0.2) is 5.82 Å². The summed E-state index contributed by atoms with van der Waals surface area (Å²) in [6.07, 6.45) is -9.14. The molecule has 2 aromatic heterocycles. The van der Waals surface area contributed by atoms with Crippen molar-refractivity contribution in [2.24, 2.45) is 0 Å². The standard InChI is InChI=1S/C22H30N5O13P/c1-12(2)38-20(30)33-10-36-41(32,37-11-34-21(31)39-13(3)4)35-7-15-17(28)18(29)22(8-23,40-15)16-6-5-14-19(24)25-9-26-27(14)16/h5-6,9,12-13,15,17-18,28-29H,7,10-11H2,1-4H3,(H2,24,25,26)/t15-,17-,18-,22+/m1/s1/i7D2. The smallest absolute Gasteiger partial charge is 0.432 e. The van der Waals surface area contributed by atoms with E-state index in [0.29, 0.717) is 0 Å². The van der Waals surface area contributed by atoms with Gasteiger partial charge in [0.2, 0.25) is 19.2 Å². The van der Waals surface area contributed by atoms with Crippen LogP contribution in [0.5, 0.6) is 0 Å². The number of anilines is 1. The van der Waals surface area contributed by atoms with Crippen molar-refractivity contribution in [3.05, 3.63) is 24.2 Å². The Hall–Kier alpha value is -3.56. The topological polar surface area (TPSA) is 246 Å². The lowest BCUT2D eigenvalue weighted by Crippen LogP contribution is -2.41. The number of nitrogens with two attached hydrogens (primary N) is 1. The molecule has 18 nitrogen and oxygen atoms in total. The summed E-state index contributed by atoms with van der Waals surface area (Å²) in [5.74, 6) is 0.00631. The molecule has 0 aromatic carbocycles. The number of phosphoric acid groups is 1. The molecule has 2 aromatic rings. The van der Waals surface area contributed by atoms with E-state index in [1.54, 1.807) is 6.07 Å². The third kappa shape index (κ3) is 7.59. The highest BCUT2D eigenvalue weighted by atomic mass is 31.2. The lowest BCUT2D eigenvalue weighted by Gasteiger charge is -2.24. The number of hydrogen-bond donors (Lipinski definition) is 3. The van der Waals surface area contributed by atoms with Gasteiger partial charge in [0, 0.05) is 0 Å². The van der Waals surface area contributed by atoms with Crippen LogP contribution >= 0.6 is 7.82 Å². The zero-order chi connectivity index (χ0) is 32.2. The number of nitriles is 1. The molecule has 0 saturated carbocycles. The van der Waals surface area contributed by atoms with Crippen molar-refractivity contribution in [1.82, 2.24) is 14.6 Å². The molecule has 0 unspecified atom stereocenters. The Bertz CT molecular complexity index is 1370. The summed E-state index contributed by atoms with van der Waals surface area (Å²) < 4.78 is 70.1. The zero-order valence-electron chi connectivity index (χ0n) is 24.2. The molecule has 0 amide bonds. The van der Waals surface area contributed by atoms with Gasteiger partial charge < -0.3 is 39.6 Å². The number of aliphatic hydroxyl groups is 2. The highest BCUT2D eigenvalue weighted by Crippen LogP contribution is 2.50. The summed E-state index contributed by atoms with van der Waals surface area (Å²) in [6, 6.07) is 4.40. The molecule has 1 aliphatic rings. The van der Waals surface area contributed by atoms with Crippen LogP contribution in [-0.4, -0.2) is 87.8 Å². The van der Waals surface area contributed by atoms with Crippen LogP contribution < -0.4 is 5.73 Å². The van der Waals surface area contributed by atoms with Gasteiger partial charge in [-0.1, -0.05) is 0 Å². The molecule has 0 bridgehead atoms. The highest BCUT2D eigenvalue weighted by molar-refractivity contribution is 7.48. The number of nitrogen functional groups attached to an aromatic ring is 1. The SMILES string of the molecule is [2H]C([2H])(OP(=O)(OCOC(=O)OC(C)C)OCOC(=O)OC(C)C)[C@H]1O[C@@](C#N)(c2ccc3c(N)ncnn23)[C@H](O)[C@@H]1O. The second-order valence-electron chi connectivity index (χ2n) is 8.75. The van der Waals surface area contributed by atoms with Gasteiger partial charge in [-0.25, -0.2) is 32.7 Å². The first kappa shape index (κ1) is 29.0. The van der Waals surface area contributed by atoms with E-state index < -0.39 is 76.4 Å². The summed E-state index contributed by atoms with van der Waals surface area (Å²) in [5, 5.41) is 35.7. The Morgan fingerprint density at radius 1 is 1.17 bits per heavy atom. The molecule has 0 aliphatic carbocycles. The van der Waals surface area contributed by atoms with Crippen LogP contribution in [0, 0.1) is 11.3 Å². The summed E-state index contributed by atoms with van der Waals surface area (Å²) in [4.78, 5) is 27.1. The van der Waals surface area contributed by atoms with Crippen LogP contribution in [0.2, 0.25) is 0 Å². The Balaban J connectivity index is 1.85. The van der Waals surface area contributed by atoms with Gasteiger partial charge in [0.25, 0.3) is 0 Å². The largest absolute Gasteiger partial charge is 0.510 e. The lowest BCUT2D eigenvalue weighted by atomic mass is 9.92. The number of phosphoric ester groups is 1. The van der Waals surface area contributed by atoms with Gasteiger partial charge in [-0.15, -0.1) is 0 Å². The van der Waals surface area contributed by atoms with Crippen LogP contribution in [0.25, 0.3) is 5.52 Å². The predicted octanol–water partition coefficient (Wildman–Crippen LogP) is 1.35. The Morgan fingerprint density at radius 3 is 2.29 bits per heavy atom. The van der Waals surface area contributed by atoms with E-state index in [0.717, 1.165) is 10.8 Å². The van der Waals surface area contributed by atoms with Gasteiger partial charge in [-0.3, -0.25) is 4.52 Å². The second-order valence-corrected chi connectivity index (χ2v) is 10.3. The first-order valence-electron chi connectivity index (χ1n) is 12.9. The molecule has 3 rings (SSSR count). The zero-order valence-corrected chi connectivity index (χ0v) is 23.1. The number of ether oxygens (including phenoxy) is 5. The molecule has 1 fully saturated rings. The average Bonchev–Trinajstić information content (AvgIpc) is 3.44. The molecule has 19 heteroatoms. The number of aliphatic hydroxyl groups excluding tert-OH is 2. The fourth-order valence-corrected chi connectivity index (χ4v) is 4.15. The van der Waals surface area contributed by atoms with E-state index in [4.69, 9.17) is 36.3 Å². The summed E-state index contributed by atoms with van der Waals surface area (Å²) in [5.41, 5.74) is 3.42. The number of aromatic nitrogens is 3. The maximum atomic E-state index is 13.4. The monoisotopic (exact) mass is 605 g/mol. The van der Waals surface area contributed by atoms with Gasteiger partial charge in [0.05, 0.1) is 27.2 Å². The van der Waals surface area contributed by atoms with Crippen molar-refractivity contribution in [1.29, 1.82) is 5.26 Å². The van der Waals surface area contributed by atoms with Crippen LogP contribution in [0.1, 0.15) is 36.1 Å². The van der Waals surface area contributed by atoms with Crippen molar-refractivity contribution < 1.29 is 64.4 Å². The van der Waals surface area contributed by atoms with Crippen molar-refractivity contribution in [2.45, 2.75) is 63.8 Å². The number of carbonyl (C=O) groups is 2. The number of fused-ring (bicyclic) bond motifs is 1. The van der Waals surface area contributed by atoms with E-state index in [1.807, 2.05) is 0 Å². The minimum absolute atomic E-state index is 0.00631. The normalized spacial score (nSPS) is 23.6. The van der Waals surface area contributed by atoms with E-state index in [9.17, 15) is 29.6 Å². The Kier molecular flexibility index (Phi) is 9.46. The van der Waals surface area contributed by atoms with Gasteiger partial charge in [0.1, 0.15) is 36.2 Å². The molecule has 0 radical (unpaired) electrons. The first-order valence-corrected chi connectivity index (χ1v) is 13.3. The van der Waals surface area contributed by atoms with Crippen molar-refractivity contribution in [3.63, 3.8) is 0 Å². The second kappa shape index (κ2) is 13.4. The third-order valence-corrected chi connectivity index (χ3v) is 6.28. The quantitative estimate of drug-likeness (QED) is 0.175. The van der Waals surface area contributed by atoms with E-state index >= 15 is 0 Å². The molecule has 226 valence electrons. The third-order valence-electron chi connectivity index (χ3n) is 5.11. The molecule has 41 heavy (non-hydrogen) atoms. The fraction of sp³-hybridized carbons (Fsp3) is 0.591. The first-order chi connectivity index (χ1) is 20.0. The minimum Gasteiger partial charge on any atom is -0.432 e. The molecule has 1 saturated heterocycles. The molecule has 4 N–H and O–H groups in total. The number of carbonyl (C=O) groups excluding carboxylic acids is 2. The van der Waals surface area contributed by atoms with Crippen LogP contribution in [0.3, 0.4) is 0 Å². The van der Waals surface area contributed by atoms with Gasteiger partial charge in [-0.2, -0.15) is 10.4 Å². The molecule has 1 aliphatic heterocycles. The molecular formula is C22H30N5O13P. The van der Waals surface area contributed by atoms with Gasteiger partial charge >= 0.3 is 20.1 Å². The van der Waals surface area contributed by atoms with Crippen LogP contribution in [-0.2, 0) is 47.4 Å². The van der Waals surface area contributed by atoms with E-state index in [2.05, 4.69) is 19.6 Å². The van der Waals surface area contributed by atoms with Crippen molar-refractivity contribution >= 4 is 31.5 Å². The molecule has 0 spiro atoms. The number of nitrogens with zero attached hydrogens (tertiary/aromatic N) is 4. The van der Waals surface area contributed by atoms with Crippen molar-refractivity contribution in [2.75, 3.05) is 25.9 Å². The van der Waals surface area contributed by atoms with Crippen LogP contribution in [0.15, 0.2) is 18.5 Å². The van der Waals surface area contributed by atoms with Crippen molar-refractivity contribution in [3.8, 4) is 6.07 Å². The summed E-state index contributed by atoms with van der Waals surface area (Å²) in [7, 11) is -5.21. The Morgan fingerprint density at radius 2 is 1.76 bits per heavy atom. The lowest BCUT2D eigenvalue weighted by molar-refractivity contribution is -0.0752. The average molecular weight is 605 g/mol. The van der Waals surface area contributed by atoms with Crippen LogP contribution in [0.4, 0.5) is 15.4 Å². The maximum absolute atomic E-state index is 13.4. The fourth-order valence-electron chi connectivity index (χ4n) is 3.37. The highest BCUT2D eigenvalue weighted by Gasteiger charge is 2.58. The van der Waals surface area contributed by atoms with Gasteiger partial charge in [-0.05, 0) is 39.8 Å². The van der Waals surface area contributed by atoms with E-state index in [1.165, 1.54) is 39.8 Å². The Labute approximate surface area is 236 Å². The predicted molar refractivity (Wildman–Crippen MR) is 132 cm³/mol. The summed E-state index contributed by atoms with van der Waals surface area (Å²) in [6.45, 7) is 0.375. The van der Waals surface area contributed by atoms with E-state index in [-0.39, 0.29) is 17.0 Å². The molecule has 4 atom stereocenters. The minimum atomic E-state index is -5.21. The summed E-state index contributed by atoms with van der Waals surface area (Å²) >= 11 is 0.